The van der Waals surface area contributed by atoms with Gasteiger partial charge in [0.15, 0.2) is 0 Å². The van der Waals surface area contributed by atoms with Gasteiger partial charge in [0.1, 0.15) is 12.1 Å². The van der Waals surface area contributed by atoms with Gasteiger partial charge in [-0.15, -0.1) is 0 Å². The zero-order valence-corrected chi connectivity index (χ0v) is 20.9. The lowest BCUT2D eigenvalue weighted by Gasteiger charge is -2.28. The van der Waals surface area contributed by atoms with E-state index in [9.17, 15) is 28.2 Å². The fourth-order valence-electron chi connectivity index (χ4n) is 4.21. The molecule has 0 aliphatic heterocycles. The Kier molecular flexibility index (Phi) is 6.87. The first-order valence-electron chi connectivity index (χ1n) is 10.3. The summed E-state index contributed by atoms with van der Waals surface area (Å²) >= 11 is 18.4. The monoisotopic (exact) mass is 553 g/mol. The second kappa shape index (κ2) is 9.44. The van der Waals surface area contributed by atoms with Crippen LogP contribution in [0.4, 0.5) is 0 Å². The van der Waals surface area contributed by atoms with Gasteiger partial charge in [-0.3, -0.25) is 9.59 Å². The molecule has 1 saturated carbocycles. The highest BCUT2D eigenvalue weighted by Crippen LogP contribution is 2.59. The lowest BCUT2D eigenvalue weighted by atomic mass is 10.1. The Balaban J connectivity index is 1.76. The number of halogens is 3. The molecule has 1 aliphatic carbocycles. The van der Waals surface area contributed by atoms with Crippen molar-refractivity contribution in [2.45, 2.75) is 22.8 Å². The topological polar surface area (TPSA) is 112 Å². The number of sulfonamides is 1. The van der Waals surface area contributed by atoms with Crippen LogP contribution in [-0.4, -0.2) is 47.0 Å². The van der Waals surface area contributed by atoms with E-state index >= 15 is 0 Å². The van der Waals surface area contributed by atoms with E-state index in [0.29, 0.717) is 14.9 Å². The quantitative estimate of drug-likeness (QED) is 0.386. The molecule has 0 saturated heterocycles. The van der Waals surface area contributed by atoms with Gasteiger partial charge in [-0.05, 0) is 59.5 Å². The first-order chi connectivity index (χ1) is 16.5. The van der Waals surface area contributed by atoms with E-state index in [1.807, 2.05) is 0 Å². The fourth-order valence-corrected chi connectivity index (χ4v) is 6.72. The van der Waals surface area contributed by atoms with Gasteiger partial charge in [0.05, 0.1) is 4.90 Å². The van der Waals surface area contributed by atoms with E-state index in [1.54, 1.807) is 42.5 Å². The fraction of sp³-hybridized carbons (Fsp3) is 0.167. The SMILES string of the molecule is O=C(O)CN([C@]1(C(=O)O)C[C@H]1c1c(Cl)cccc1Cl)S(=O)(=O)c1ccc(-c2ccc(Cl)cc2)cc1. The van der Waals surface area contributed by atoms with Crippen molar-refractivity contribution in [2.75, 3.05) is 6.54 Å². The molecule has 0 amide bonds. The normalized spacial score (nSPS) is 19.5. The Labute approximate surface area is 216 Å². The lowest BCUT2D eigenvalue weighted by molar-refractivity contribution is -0.145. The Morgan fingerprint density at radius 1 is 0.886 bits per heavy atom. The van der Waals surface area contributed by atoms with Gasteiger partial charge in [-0.1, -0.05) is 65.1 Å². The van der Waals surface area contributed by atoms with E-state index in [4.69, 9.17) is 34.8 Å². The molecule has 35 heavy (non-hydrogen) atoms. The molecule has 0 radical (unpaired) electrons. The minimum atomic E-state index is -4.54. The van der Waals surface area contributed by atoms with Gasteiger partial charge in [-0.2, -0.15) is 4.31 Å². The number of hydrogen-bond donors (Lipinski definition) is 2. The van der Waals surface area contributed by atoms with E-state index < -0.39 is 40.0 Å². The summed E-state index contributed by atoms with van der Waals surface area (Å²) in [6, 6.07) is 17.3. The standard InChI is InChI=1S/C24H18Cl3NO6S/c25-16-8-4-14(5-9-16)15-6-10-17(11-7-15)35(33,34)28(13-21(29)30)24(23(31)32)12-18(24)22-19(26)2-1-3-20(22)27/h1-11,18H,12-13H2,(H,29,30)(H,31,32)/t18-,24+/m0/s1. The minimum absolute atomic E-state index is 0.172. The third-order valence-electron chi connectivity index (χ3n) is 5.99. The Morgan fingerprint density at radius 3 is 1.89 bits per heavy atom. The molecule has 0 aromatic heterocycles. The van der Waals surface area contributed by atoms with Crippen molar-refractivity contribution in [3.8, 4) is 11.1 Å². The van der Waals surface area contributed by atoms with E-state index in [-0.39, 0.29) is 26.9 Å². The van der Waals surface area contributed by atoms with Crippen LogP contribution in [-0.2, 0) is 19.6 Å². The van der Waals surface area contributed by atoms with Crippen LogP contribution in [0.25, 0.3) is 11.1 Å². The number of carboxylic acid groups (broad SMARTS) is 2. The number of carboxylic acids is 2. The molecular formula is C24H18Cl3NO6S. The molecule has 0 spiro atoms. The molecule has 3 aromatic rings. The average Bonchev–Trinajstić information content (AvgIpc) is 3.54. The van der Waals surface area contributed by atoms with Crippen molar-refractivity contribution >= 4 is 56.8 Å². The maximum Gasteiger partial charge on any atom is 0.325 e. The zero-order valence-electron chi connectivity index (χ0n) is 17.9. The van der Waals surface area contributed by atoms with Gasteiger partial charge in [0.25, 0.3) is 0 Å². The maximum absolute atomic E-state index is 13.6. The molecule has 1 aliphatic rings. The van der Waals surface area contributed by atoms with Crippen molar-refractivity contribution in [3.63, 3.8) is 0 Å². The molecule has 0 unspecified atom stereocenters. The average molecular weight is 555 g/mol. The van der Waals surface area contributed by atoms with Crippen molar-refractivity contribution in [2.24, 2.45) is 0 Å². The summed E-state index contributed by atoms with van der Waals surface area (Å²) in [6.07, 6.45) is -0.179. The first-order valence-corrected chi connectivity index (χ1v) is 12.8. The Bertz CT molecular complexity index is 1390. The van der Waals surface area contributed by atoms with Crippen molar-refractivity contribution in [1.82, 2.24) is 4.31 Å². The largest absolute Gasteiger partial charge is 0.480 e. The number of aliphatic carboxylic acids is 2. The summed E-state index contributed by atoms with van der Waals surface area (Å²) in [5.74, 6) is -3.91. The molecule has 1 fully saturated rings. The number of carbonyl (C=O) groups is 2. The van der Waals surface area contributed by atoms with Crippen LogP contribution in [0.5, 0.6) is 0 Å². The van der Waals surface area contributed by atoms with Crippen molar-refractivity contribution in [3.05, 3.63) is 87.4 Å². The van der Waals surface area contributed by atoms with Crippen molar-refractivity contribution in [1.29, 1.82) is 0 Å². The third-order valence-corrected chi connectivity index (χ3v) is 8.81. The molecule has 2 atom stereocenters. The van der Waals surface area contributed by atoms with Crippen LogP contribution in [0.1, 0.15) is 17.9 Å². The second-order valence-electron chi connectivity index (χ2n) is 8.06. The van der Waals surface area contributed by atoms with Crippen LogP contribution >= 0.6 is 34.8 Å². The van der Waals surface area contributed by atoms with E-state index in [2.05, 4.69) is 0 Å². The van der Waals surface area contributed by atoms with Crippen LogP contribution in [0.15, 0.2) is 71.6 Å². The molecule has 2 N–H and O–H groups in total. The Hall–Kier alpha value is -2.62. The second-order valence-corrected chi connectivity index (χ2v) is 11.2. The molecule has 0 bridgehead atoms. The zero-order chi connectivity index (χ0) is 25.5. The first kappa shape index (κ1) is 25.5. The van der Waals surface area contributed by atoms with Gasteiger partial charge < -0.3 is 10.2 Å². The summed E-state index contributed by atoms with van der Waals surface area (Å²) in [5.41, 5.74) is -0.300. The molecule has 11 heteroatoms. The van der Waals surface area contributed by atoms with E-state index in [1.165, 1.54) is 24.3 Å². The highest BCUT2D eigenvalue weighted by Gasteiger charge is 2.69. The number of nitrogens with zero attached hydrogens (tertiary/aromatic N) is 1. The number of hydrogen-bond acceptors (Lipinski definition) is 4. The highest BCUT2D eigenvalue weighted by molar-refractivity contribution is 7.89. The molecule has 3 aromatic carbocycles. The Morgan fingerprint density at radius 2 is 1.40 bits per heavy atom. The predicted molar refractivity (Wildman–Crippen MR) is 133 cm³/mol. The van der Waals surface area contributed by atoms with Crippen LogP contribution in [0, 0.1) is 0 Å². The summed E-state index contributed by atoms with van der Waals surface area (Å²) < 4.78 is 27.7. The third kappa shape index (κ3) is 4.64. The van der Waals surface area contributed by atoms with E-state index in [0.717, 1.165) is 5.56 Å². The molecule has 7 nitrogen and oxygen atoms in total. The molecular weight excluding hydrogens is 537 g/mol. The van der Waals surface area contributed by atoms with Crippen LogP contribution in [0.2, 0.25) is 15.1 Å². The van der Waals surface area contributed by atoms with Crippen molar-refractivity contribution < 1.29 is 28.2 Å². The molecule has 182 valence electrons. The predicted octanol–water partition coefficient (Wildman–Crippen LogP) is 5.40. The molecule has 0 heterocycles. The van der Waals surface area contributed by atoms with Gasteiger partial charge >= 0.3 is 11.9 Å². The summed E-state index contributed by atoms with van der Waals surface area (Å²) in [5, 5.41) is 20.5. The number of rotatable bonds is 8. The van der Waals surface area contributed by atoms with Gasteiger partial charge in [0.2, 0.25) is 10.0 Å². The summed E-state index contributed by atoms with van der Waals surface area (Å²) in [7, 11) is -4.54. The summed E-state index contributed by atoms with van der Waals surface area (Å²) in [4.78, 5) is 23.9. The molecule has 4 rings (SSSR count). The van der Waals surface area contributed by atoms with Gasteiger partial charge in [-0.25, -0.2) is 8.42 Å². The minimum Gasteiger partial charge on any atom is -0.480 e. The number of benzene rings is 3. The van der Waals surface area contributed by atoms with Crippen LogP contribution < -0.4 is 0 Å². The lowest BCUT2D eigenvalue weighted by Crippen LogP contribution is -2.50. The highest BCUT2D eigenvalue weighted by atomic mass is 35.5. The van der Waals surface area contributed by atoms with Gasteiger partial charge in [0, 0.05) is 21.0 Å². The smallest absolute Gasteiger partial charge is 0.325 e. The van der Waals surface area contributed by atoms with Crippen LogP contribution in [0.3, 0.4) is 0 Å². The maximum atomic E-state index is 13.6. The summed E-state index contributed by atoms with van der Waals surface area (Å²) in [6.45, 7) is -1.05.